The van der Waals surface area contributed by atoms with E-state index in [4.69, 9.17) is 0 Å². The Morgan fingerprint density at radius 2 is 1.73 bits per heavy atom. The zero-order valence-electron chi connectivity index (χ0n) is 15.0. The topological polar surface area (TPSA) is 75.6 Å². The second-order valence-electron chi connectivity index (χ2n) is 6.84. The van der Waals surface area contributed by atoms with Crippen LogP contribution in [0.5, 0.6) is 0 Å². The van der Waals surface area contributed by atoms with Crippen LogP contribution in [0.15, 0.2) is 48.7 Å². The third kappa shape index (κ3) is 3.96. The molecule has 0 atom stereocenters. The average Bonchev–Trinajstić information content (AvgIpc) is 3.47. The molecule has 0 bridgehead atoms. The molecule has 3 aromatic rings. The molecule has 6 heteroatoms. The molecular weight excluding hydrogens is 324 g/mol. The summed E-state index contributed by atoms with van der Waals surface area (Å²) in [6, 6.07) is 14.2. The summed E-state index contributed by atoms with van der Waals surface area (Å²) in [6.45, 7) is 4.11. The molecule has 2 aromatic heterocycles. The van der Waals surface area contributed by atoms with Crippen LogP contribution in [0.3, 0.4) is 0 Å². The molecule has 0 saturated heterocycles. The van der Waals surface area contributed by atoms with E-state index in [-0.39, 0.29) is 8.90 Å². The Morgan fingerprint density at radius 1 is 0.962 bits per heavy atom. The van der Waals surface area contributed by atoms with Crippen molar-refractivity contribution < 1.29 is 2.85 Å². The van der Waals surface area contributed by atoms with Crippen molar-refractivity contribution in [2.24, 2.45) is 0 Å². The molecule has 0 amide bonds. The predicted molar refractivity (Wildman–Crippen MR) is 108 cm³/mol. The van der Waals surface area contributed by atoms with Crippen molar-refractivity contribution in [1.82, 2.24) is 19.9 Å². The number of benzene rings is 1. The van der Waals surface area contributed by atoms with Crippen LogP contribution in [-0.2, 0) is 0 Å². The van der Waals surface area contributed by atoms with Crippen molar-refractivity contribution >= 4 is 17.6 Å². The first-order chi connectivity index (χ1) is 12.7. The Bertz CT molecular complexity index is 883. The second kappa shape index (κ2) is 7.07. The highest BCUT2D eigenvalue weighted by Crippen LogP contribution is 2.39. The van der Waals surface area contributed by atoms with Crippen molar-refractivity contribution in [3.63, 3.8) is 0 Å². The lowest BCUT2D eigenvalue weighted by molar-refractivity contribution is 0.869. The molecule has 4 rings (SSSR count). The van der Waals surface area contributed by atoms with E-state index in [1.165, 1.54) is 18.5 Å². The van der Waals surface area contributed by atoms with Gasteiger partial charge in [0.25, 0.3) is 0 Å². The fourth-order valence-electron chi connectivity index (χ4n) is 2.70. The van der Waals surface area contributed by atoms with E-state index in [0.29, 0.717) is 23.6 Å². The molecule has 136 valence electrons. The summed E-state index contributed by atoms with van der Waals surface area (Å²) in [5, 5.41) is 6.51. The van der Waals surface area contributed by atoms with Crippen LogP contribution < -0.4 is 10.6 Å². The third-order valence-electron chi connectivity index (χ3n) is 4.12. The van der Waals surface area contributed by atoms with Gasteiger partial charge in [0.15, 0.2) is 5.82 Å². The number of nitrogens with zero attached hydrogens (tertiary/aromatic N) is 4. The summed E-state index contributed by atoms with van der Waals surface area (Å²) in [7, 11) is 0. The number of aromatic nitrogens is 4. The second-order valence-corrected chi connectivity index (χ2v) is 6.84. The van der Waals surface area contributed by atoms with E-state index in [2.05, 4.69) is 50.5 Å². The van der Waals surface area contributed by atoms with Gasteiger partial charge in [-0.15, -0.1) is 0 Å². The summed E-state index contributed by atoms with van der Waals surface area (Å²) >= 11 is 0. The van der Waals surface area contributed by atoms with Crippen LogP contribution in [-0.4, -0.2) is 26.0 Å². The van der Waals surface area contributed by atoms with Crippen LogP contribution in [0.2, 0.25) is 0 Å². The van der Waals surface area contributed by atoms with Crippen molar-refractivity contribution in [2.45, 2.75) is 38.6 Å². The minimum atomic E-state index is 0. The largest absolute Gasteiger partial charge is 0.352 e. The zero-order valence-corrected chi connectivity index (χ0v) is 15.0. The highest BCUT2D eigenvalue weighted by Gasteiger charge is 2.24. The van der Waals surface area contributed by atoms with E-state index < -0.39 is 0 Å². The van der Waals surface area contributed by atoms with E-state index in [9.17, 15) is 0 Å². The first kappa shape index (κ1) is 16.4. The fraction of sp³-hybridized carbons (Fsp3) is 0.300. The SMILES string of the molecule is CC(C)Nc1nc(Nc2ccc(C3CC3)nc2)nc(-c2ccccc2)n1.[HH].[HH]. The molecule has 6 nitrogen and oxygen atoms in total. The summed E-state index contributed by atoms with van der Waals surface area (Å²) in [4.78, 5) is 18.1. The van der Waals surface area contributed by atoms with E-state index in [1.807, 2.05) is 42.6 Å². The van der Waals surface area contributed by atoms with Gasteiger partial charge in [-0.25, -0.2) is 0 Å². The molecule has 2 N–H and O–H groups in total. The average molecular weight is 350 g/mol. The smallest absolute Gasteiger partial charge is 0.232 e. The molecule has 1 fully saturated rings. The lowest BCUT2D eigenvalue weighted by Crippen LogP contribution is -2.14. The van der Waals surface area contributed by atoms with Crippen molar-refractivity contribution in [3.05, 3.63) is 54.4 Å². The molecule has 1 aliphatic carbocycles. The summed E-state index contributed by atoms with van der Waals surface area (Å²) in [5.41, 5.74) is 2.99. The lowest BCUT2D eigenvalue weighted by Gasteiger charge is -2.12. The van der Waals surface area contributed by atoms with Gasteiger partial charge in [-0.05, 0) is 38.8 Å². The number of hydrogen-bond acceptors (Lipinski definition) is 6. The number of nitrogens with one attached hydrogen (secondary N) is 2. The van der Waals surface area contributed by atoms with Gasteiger partial charge >= 0.3 is 0 Å². The first-order valence-corrected chi connectivity index (χ1v) is 8.98. The number of hydrogen-bond donors (Lipinski definition) is 2. The van der Waals surface area contributed by atoms with Crippen LogP contribution in [0.4, 0.5) is 17.6 Å². The molecule has 2 heterocycles. The van der Waals surface area contributed by atoms with Gasteiger partial charge in [0.2, 0.25) is 11.9 Å². The fourth-order valence-corrected chi connectivity index (χ4v) is 2.70. The minimum Gasteiger partial charge on any atom is -0.352 e. The molecule has 1 aromatic carbocycles. The highest BCUT2D eigenvalue weighted by molar-refractivity contribution is 5.60. The van der Waals surface area contributed by atoms with Crippen LogP contribution in [0.1, 0.15) is 41.2 Å². The monoisotopic (exact) mass is 350 g/mol. The van der Waals surface area contributed by atoms with Crippen molar-refractivity contribution in [1.29, 1.82) is 0 Å². The first-order valence-electron chi connectivity index (χ1n) is 8.98. The summed E-state index contributed by atoms with van der Waals surface area (Å²) in [6.07, 6.45) is 4.34. The number of rotatable bonds is 6. The predicted octanol–water partition coefficient (Wildman–Crippen LogP) is 4.87. The Morgan fingerprint density at radius 3 is 2.38 bits per heavy atom. The zero-order chi connectivity index (χ0) is 17.9. The molecule has 0 spiro atoms. The normalized spacial score (nSPS) is 13.7. The van der Waals surface area contributed by atoms with Gasteiger partial charge in [0, 0.05) is 26.1 Å². The summed E-state index contributed by atoms with van der Waals surface area (Å²) in [5.74, 6) is 2.34. The Kier molecular flexibility index (Phi) is 4.48. The van der Waals surface area contributed by atoms with Gasteiger partial charge in [0.05, 0.1) is 11.9 Å². The molecular formula is C20H26N6. The molecule has 1 aliphatic rings. The van der Waals surface area contributed by atoms with Crippen molar-refractivity contribution in [3.8, 4) is 11.4 Å². The van der Waals surface area contributed by atoms with Gasteiger partial charge in [-0.1, -0.05) is 30.3 Å². The summed E-state index contributed by atoms with van der Waals surface area (Å²) < 4.78 is 0. The third-order valence-corrected chi connectivity index (χ3v) is 4.12. The Labute approximate surface area is 156 Å². The van der Waals surface area contributed by atoms with Crippen molar-refractivity contribution in [2.75, 3.05) is 10.6 Å². The van der Waals surface area contributed by atoms with Gasteiger partial charge in [0.1, 0.15) is 0 Å². The molecule has 0 radical (unpaired) electrons. The Balaban J connectivity index is 0.00000140. The van der Waals surface area contributed by atoms with Crippen LogP contribution >= 0.6 is 0 Å². The van der Waals surface area contributed by atoms with Crippen LogP contribution in [0.25, 0.3) is 11.4 Å². The quantitative estimate of drug-likeness (QED) is 0.661. The van der Waals surface area contributed by atoms with Gasteiger partial charge < -0.3 is 10.6 Å². The highest BCUT2D eigenvalue weighted by atomic mass is 15.2. The maximum Gasteiger partial charge on any atom is 0.232 e. The molecule has 0 unspecified atom stereocenters. The van der Waals surface area contributed by atoms with Gasteiger partial charge in [-0.2, -0.15) is 15.0 Å². The standard InChI is InChI=1S/C20H22N6.2H2/c1-13(2)22-19-24-18(15-6-4-3-5-7-15)25-20(26-19)23-16-10-11-17(21-12-16)14-8-9-14;;/h3-7,10-14H,8-9H2,1-2H3,(H2,22,23,24,25,26);2*1H. The Hall–Kier alpha value is -3.02. The van der Waals surface area contributed by atoms with Gasteiger partial charge in [-0.3, -0.25) is 4.98 Å². The maximum atomic E-state index is 4.57. The van der Waals surface area contributed by atoms with E-state index >= 15 is 0 Å². The van der Waals surface area contributed by atoms with E-state index in [1.54, 1.807) is 0 Å². The maximum absolute atomic E-state index is 4.57. The lowest BCUT2D eigenvalue weighted by atomic mass is 10.2. The molecule has 26 heavy (non-hydrogen) atoms. The number of anilines is 3. The number of pyridine rings is 1. The minimum absolute atomic E-state index is 0. The molecule has 0 aliphatic heterocycles. The molecule has 1 saturated carbocycles. The van der Waals surface area contributed by atoms with Crippen LogP contribution in [0, 0.1) is 0 Å². The van der Waals surface area contributed by atoms with E-state index in [0.717, 1.165) is 11.3 Å².